The number of hydrogen-bond donors (Lipinski definition) is 2. The lowest BCUT2D eigenvalue weighted by molar-refractivity contribution is -0.490. The standard InChI is InChI=1S/C13H15BN2O6/c1-13(5-8(13)12(15)17)21-9-4-2-3-7-10(6-16(19)20)22-14(18)11(7)9/h2-4,8,10,18H,5-6H2,1H3,(H2,15,17). The minimum absolute atomic E-state index is 0.363. The molecule has 2 aliphatic rings. The van der Waals surface area contributed by atoms with Crippen molar-refractivity contribution in [2.45, 2.75) is 25.0 Å². The monoisotopic (exact) mass is 306 g/mol. The van der Waals surface area contributed by atoms with Gasteiger partial charge in [0.05, 0.1) is 5.92 Å². The topological polar surface area (TPSA) is 125 Å². The van der Waals surface area contributed by atoms with E-state index in [1.54, 1.807) is 25.1 Å². The second kappa shape index (κ2) is 4.96. The summed E-state index contributed by atoms with van der Waals surface area (Å²) in [5, 5.41) is 20.7. The number of hydrogen-bond acceptors (Lipinski definition) is 6. The maximum absolute atomic E-state index is 11.2. The van der Waals surface area contributed by atoms with Crippen LogP contribution in [0.4, 0.5) is 0 Å². The van der Waals surface area contributed by atoms with Crippen LogP contribution < -0.4 is 15.9 Å². The van der Waals surface area contributed by atoms with E-state index >= 15 is 0 Å². The highest BCUT2D eigenvalue weighted by molar-refractivity contribution is 6.62. The Morgan fingerprint density at radius 3 is 3.00 bits per heavy atom. The Balaban J connectivity index is 1.88. The van der Waals surface area contributed by atoms with Gasteiger partial charge in [0.15, 0.2) is 0 Å². The highest BCUT2D eigenvalue weighted by Gasteiger charge is 2.57. The predicted molar refractivity (Wildman–Crippen MR) is 76.1 cm³/mol. The first-order chi connectivity index (χ1) is 10.3. The first kappa shape index (κ1) is 14.8. The summed E-state index contributed by atoms with van der Waals surface area (Å²) >= 11 is 0. The SMILES string of the molecule is CC1(Oc2cccc3c2B(O)OC3C[N+](=O)[O-])CC1C(N)=O. The quantitative estimate of drug-likeness (QED) is 0.424. The molecule has 0 aromatic heterocycles. The lowest BCUT2D eigenvalue weighted by atomic mass is 9.78. The van der Waals surface area contributed by atoms with Crippen LogP contribution in [0.2, 0.25) is 0 Å². The van der Waals surface area contributed by atoms with E-state index in [9.17, 15) is 19.9 Å². The number of amides is 1. The number of primary amides is 1. The molecule has 22 heavy (non-hydrogen) atoms. The summed E-state index contributed by atoms with van der Waals surface area (Å²) in [6.45, 7) is 1.33. The number of carbonyl (C=O) groups excluding carboxylic acids is 1. The third-order valence-electron chi connectivity index (χ3n) is 4.17. The molecule has 1 saturated carbocycles. The normalized spacial score (nSPS) is 29.1. The van der Waals surface area contributed by atoms with Crippen molar-refractivity contribution in [3.8, 4) is 5.75 Å². The fourth-order valence-electron chi connectivity index (χ4n) is 2.88. The van der Waals surface area contributed by atoms with E-state index in [2.05, 4.69) is 0 Å². The van der Waals surface area contributed by atoms with Crippen LogP contribution in [0, 0.1) is 16.0 Å². The van der Waals surface area contributed by atoms with Crippen LogP contribution in [0.1, 0.15) is 25.0 Å². The average Bonchev–Trinajstić information content (AvgIpc) is 2.98. The van der Waals surface area contributed by atoms with Crippen molar-refractivity contribution in [2.24, 2.45) is 11.7 Å². The van der Waals surface area contributed by atoms with Crippen LogP contribution in [0.3, 0.4) is 0 Å². The van der Waals surface area contributed by atoms with Crippen molar-refractivity contribution < 1.29 is 24.1 Å². The summed E-state index contributed by atoms with van der Waals surface area (Å²) in [4.78, 5) is 21.4. The summed E-state index contributed by atoms with van der Waals surface area (Å²) < 4.78 is 11.1. The van der Waals surface area contributed by atoms with Crippen molar-refractivity contribution in [3.63, 3.8) is 0 Å². The van der Waals surface area contributed by atoms with Crippen molar-refractivity contribution in [1.29, 1.82) is 0 Å². The van der Waals surface area contributed by atoms with Gasteiger partial charge in [0.1, 0.15) is 17.5 Å². The number of rotatable bonds is 5. The zero-order chi connectivity index (χ0) is 16.1. The Morgan fingerprint density at radius 1 is 1.68 bits per heavy atom. The molecule has 1 aromatic rings. The number of nitrogens with zero attached hydrogens (tertiary/aromatic N) is 1. The van der Waals surface area contributed by atoms with Gasteiger partial charge in [0, 0.05) is 16.8 Å². The van der Waals surface area contributed by atoms with Gasteiger partial charge in [0.2, 0.25) is 12.5 Å². The lowest BCUT2D eigenvalue weighted by Crippen LogP contribution is -2.33. The van der Waals surface area contributed by atoms with Gasteiger partial charge in [-0.05, 0) is 18.6 Å². The predicted octanol–water partition coefficient (Wildman–Crippen LogP) is -0.635. The van der Waals surface area contributed by atoms with Crippen LogP contribution in [0.15, 0.2) is 18.2 Å². The van der Waals surface area contributed by atoms with Gasteiger partial charge in [-0.25, -0.2) is 0 Å². The van der Waals surface area contributed by atoms with E-state index in [-0.39, 0.29) is 5.92 Å². The first-order valence-electron chi connectivity index (χ1n) is 6.88. The summed E-state index contributed by atoms with van der Waals surface area (Å²) in [6, 6.07) is 4.97. The molecule has 1 fully saturated rings. The van der Waals surface area contributed by atoms with E-state index in [1.165, 1.54) is 0 Å². The molecule has 3 rings (SSSR count). The van der Waals surface area contributed by atoms with Gasteiger partial charge >= 0.3 is 7.12 Å². The molecule has 1 amide bonds. The summed E-state index contributed by atoms with van der Waals surface area (Å²) in [5.74, 6) is -0.447. The van der Waals surface area contributed by atoms with Crippen LogP contribution in [0.25, 0.3) is 0 Å². The number of ether oxygens (including phenoxy) is 1. The maximum Gasteiger partial charge on any atom is 0.496 e. The van der Waals surface area contributed by atoms with Crippen LogP contribution in [0.5, 0.6) is 5.75 Å². The zero-order valence-electron chi connectivity index (χ0n) is 11.9. The second-order valence-electron chi connectivity index (χ2n) is 5.83. The number of carbonyl (C=O) groups is 1. The molecule has 1 aromatic carbocycles. The molecule has 116 valence electrons. The third-order valence-corrected chi connectivity index (χ3v) is 4.17. The first-order valence-corrected chi connectivity index (χ1v) is 6.88. The van der Waals surface area contributed by atoms with Crippen LogP contribution in [-0.2, 0) is 9.45 Å². The highest BCUT2D eigenvalue weighted by Crippen LogP contribution is 2.46. The van der Waals surface area contributed by atoms with Gasteiger partial charge < -0.3 is 20.1 Å². The van der Waals surface area contributed by atoms with Crippen LogP contribution >= 0.6 is 0 Å². The molecule has 1 heterocycles. The highest BCUT2D eigenvalue weighted by atomic mass is 16.6. The lowest BCUT2D eigenvalue weighted by Gasteiger charge is -2.17. The summed E-state index contributed by atoms with van der Waals surface area (Å²) in [7, 11) is -1.29. The number of nitrogens with two attached hydrogens (primary N) is 1. The van der Waals surface area contributed by atoms with Crippen molar-refractivity contribution in [2.75, 3.05) is 6.54 Å². The van der Waals surface area contributed by atoms with E-state index < -0.39 is 36.2 Å². The fourth-order valence-corrected chi connectivity index (χ4v) is 2.88. The zero-order valence-corrected chi connectivity index (χ0v) is 11.9. The number of fused-ring (bicyclic) bond motifs is 1. The molecular weight excluding hydrogens is 291 g/mol. The Kier molecular flexibility index (Phi) is 3.34. The second-order valence-corrected chi connectivity index (χ2v) is 5.83. The minimum Gasteiger partial charge on any atom is -0.487 e. The molecule has 0 spiro atoms. The van der Waals surface area contributed by atoms with Crippen molar-refractivity contribution in [3.05, 3.63) is 33.9 Å². The van der Waals surface area contributed by atoms with Gasteiger partial charge in [-0.3, -0.25) is 14.9 Å². The maximum atomic E-state index is 11.2. The van der Waals surface area contributed by atoms with Gasteiger partial charge in [-0.1, -0.05) is 12.1 Å². The van der Waals surface area contributed by atoms with Crippen molar-refractivity contribution in [1.82, 2.24) is 0 Å². The summed E-state index contributed by atoms with van der Waals surface area (Å²) in [6.07, 6.45) is -0.316. The summed E-state index contributed by atoms with van der Waals surface area (Å²) in [5.41, 5.74) is 5.48. The molecule has 0 saturated heterocycles. The van der Waals surface area contributed by atoms with Gasteiger partial charge in [-0.15, -0.1) is 0 Å². The fraction of sp³-hybridized carbons (Fsp3) is 0.462. The molecule has 0 radical (unpaired) electrons. The molecule has 8 nitrogen and oxygen atoms in total. The Labute approximate surface area is 126 Å². The van der Waals surface area contributed by atoms with E-state index in [0.717, 1.165) is 0 Å². The molecule has 1 aliphatic carbocycles. The smallest absolute Gasteiger partial charge is 0.487 e. The molecule has 1 aliphatic heterocycles. The molecule has 0 bridgehead atoms. The average molecular weight is 306 g/mol. The molecule has 9 heteroatoms. The Bertz CT molecular complexity index is 653. The Hall–Kier alpha value is -2.13. The van der Waals surface area contributed by atoms with Crippen LogP contribution in [-0.4, -0.2) is 35.1 Å². The van der Waals surface area contributed by atoms with Gasteiger partial charge in [-0.2, -0.15) is 0 Å². The van der Waals surface area contributed by atoms with E-state index in [1.807, 2.05) is 0 Å². The minimum atomic E-state index is -1.29. The molecule has 3 N–H and O–H groups in total. The van der Waals surface area contributed by atoms with E-state index in [4.69, 9.17) is 15.1 Å². The number of benzene rings is 1. The molecule has 3 unspecified atom stereocenters. The largest absolute Gasteiger partial charge is 0.496 e. The third kappa shape index (κ3) is 2.42. The van der Waals surface area contributed by atoms with Gasteiger partial charge in [0.25, 0.3) is 0 Å². The van der Waals surface area contributed by atoms with Crippen molar-refractivity contribution >= 4 is 18.5 Å². The number of nitro groups is 1. The molecular formula is C13H15BN2O6. The Morgan fingerprint density at radius 2 is 2.41 bits per heavy atom. The van der Waals surface area contributed by atoms with E-state index in [0.29, 0.717) is 23.2 Å². The molecule has 3 atom stereocenters.